The van der Waals surface area contributed by atoms with Crippen LogP contribution in [0, 0.1) is 0 Å². The lowest BCUT2D eigenvalue weighted by Crippen LogP contribution is -1.78. The standard InChI is InChI=1S/C8H9Cl.2C2H6/c1-2-7-5-3-4-6-8(7)9;2*1-2/h3-6H,2H2,1H3;2*1-2H3. The third-order valence-electron chi connectivity index (χ3n) is 1.34. The summed E-state index contributed by atoms with van der Waals surface area (Å²) >= 11 is 5.82. The average molecular weight is 201 g/mol. The van der Waals surface area contributed by atoms with Crippen LogP contribution in [0.3, 0.4) is 0 Å². The Bertz CT molecular complexity index is 194. The van der Waals surface area contributed by atoms with Gasteiger partial charge >= 0.3 is 0 Å². The zero-order valence-electron chi connectivity index (χ0n) is 9.39. The normalized spacial score (nSPS) is 7.54. The second-order valence-corrected chi connectivity index (χ2v) is 2.35. The number of rotatable bonds is 1. The number of halogens is 1. The van der Waals surface area contributed by atoms with Gasteiger partial charge in [-0.3, -0.25) is 0 Å². The quantitative estimate of drug-likeness (QED) is 0.602. The minimum atomic E-state index is 0.875. The molecule has 0 aliphatic carbocycles. The average Bonchev–Trinajstić information content (AvgIpc) is 2.24. The Morgan fingerprint density at radius 3 is 1.77 bits per heavy atom. The van der Waals surface area contributed by atoms with Crippen LogP contribution in [0.15, 0.2) is 24.3 Å². The van der Waals surface area contributed by atoms with E-state index in [9.17, 15) is 0 Å². The molecule has 1 rings (SSSR count). The van der Waals surface area contributed by atoms with Crippen LogP contribution in [-0.4, -0.2) is 0 Å². The van der Waals surface area contributed by atoms with Crippen LogP contribution in [-0.2, 0) is 6.42 Å². The van der Waals surface area contributed by atoms with Gasteiger partial charge in [0, 0.05) is 5.02 Å². The monoisotopic (exact) mass is 200 g/mol. The van der Waals surface area contributed by atoms with Gasteiger partial charge in [0.05, 0.1) is 0 Å². The first-order valence-corrected chi connectivity index (χ1v) is 5.45. The van der Waals surface area contributed by atoms with E-state index in [0.29, 0.717) is 0 Å². The van der Waals surface area contributed by atoms with Crippen LogP contribution in [0.2, 0.25) is 5.02 Å². The molecule has 0 fully saturated rings. The molecule has 76 valence electrons. The molecule has 0 saturated carbocycles. The largest absolute Gasteiger partial charge is 0.0840 e. The molecule has 1 aromatic carbocycles. The maximum Gasteiger partial charge on any atom is 0.0437 e. The molecule has 0 saturated heterocycles. The van der Waals surface area contributed by atoms with Crippen molar-refractivity contribution in [2.75, 3.05) is 0 Å². The summed E-state index contributed by atoms with van der Waals surface area (Å²) in [6.45, 7) is 10.1. The van der Waals surface area contributed by atoms with Crippen molar-refractivity contribution in [3.8, 4) is 0 Å². The fraction of sp³-hybridized carbons (Fsp3) is 0.500. The molecule has 0 radical (unpaired) electrons. The first-order chi connectivity index (χ1) is 6.34. The van der Waals surface area contributed by atoms with Crippen LogP contribution in [0.4, 0.5) is 0 Å². The minimum Gasteiger partial charge on any atom is -0.0840 e. The third kappa shape index (κ3) is 6.65. The zero-order chi connectivity index (χ0) is 10.7. The van der Waals surface area contributed by atoms with Crippen LogP contribution < -0.4 is 0 Å². The van der Waals surface area contributed by atoms with Crippen molar-refractivity contribution in [1.29, 1.82) is 0 Å². The molecular weight excluding hydrogens is 180 g/mol. The van der Waals surface area contributed by atoms with Gasteiger partial charge in [0.1, 0.15) is 0 Å². The van der Waals surface area contributed by atoms with Gasteiger partial charge in [-0.05, 0) is 18.1 Å². The van der Waals surface area contributed by atoms with Crippen LogP contribution >= 0.6 is 11.6 Å². The maximum absolute atomic E-state index is 5.82. The Labute approximate surface area is 87.9 Å². The van der Waals surface area contributed by atoms with Gasteiger partial charge in [0.15, 0.2) is 0 Å². The second-order valence-electron chi connectivity index (χ2n) is 1.94. The number of aryl methyl sites for hydroxylation is 1. The van der Waals surface area contributed by atoms with Crippen LogP contribution in [0.5, 0.6) is 0 Å². The number of benzene rings is 1. The lowest BCUT2D eigenvalue weighted by Gasteiger charge is -1.96. The Balaban J connectivity index is 0. The van der Waals surface area contributed by atoms with Crippen LogP contribution in [0.1, 0.15) is 40.2 Å². The Hall–Kier alpha value is -0.490. The molecular formula is C12H21Cl. The van der Waals surface area contributed by atoms with Gasteiger partial charge < -0.3 is 0 Å². The minimum absolute atomic E-state index is 0.875. The van der Waals surface area contributed by atoms with Crippen molar-refractivity contribution in [2.45, 2.75) is 41.0 Å². The third-order valence-corrected chi connectivity index (χ3v) is 1.71. The van der Waals surface area contributed by atoms with E-state index >= 15 is 0 Å². The summed E-state index contributed by atoms with van der Waals surface area (Å²) in [5, 5.41) is 0.875. The van der Waals surface area contributed by atoms with Gasteiger partial charge in [-0.25, -0.2) is 0 Å². The topological polar surface area (TPSA) is 0 Å². The highest BCUT2D eigenvalue weighted by molar-refractivity contribution is 6.31. The summed E-state index contributed by atoms with van der Waals surface area (Å²) in [4.78, 5) is 0. The van der Waals surface area contributed by atoms with E-state index in [1.54, 1.807) is 0 Å². The molecule has 0 N–H and O–H groups in total. The van der Waals surface area contributed by atoms with Crippen LogP contribution in [0.25, 0.3) is 0 Å². The molecule has 0 amide bonds. The lowest BCUT2D eigenvalue weighted by molar-refractivity contribution is 1.14. The highest BCUT2D eigenvalue weighted by atomic mass is 35.5. The van der Waals surface area contributed by atoms with Crippen molar-refractivity contribution in [3.05, 3.63) is 34.9 Å². The fourth-order valence-electron chi connectivity index (χ4n) is 0.785. The van der Waals surface area contributed by atoms with E-state index < -0.39 is 0 Å². The Kier molecular flexibility index (Phi) is 13.3. The molecule has 0 spiro atoms. The van der Waals surface area contributed by atoms with Gasteiger partial charge in [-0.1, -0.05) is 64.4 Å². The predicted octanol–water partition coefficient (Wildman–Crippen LogP) is 4.95. The van der Waals surface area contributed by atoms with Crippen molar-refractivity contribution in [1.82, 2.24) is 0 Å². The molecule has 0 bridgehead atoms. The molecule has 13 heavy (non-hydrogen) atoms. The van der Waals surface area contributed by atoms with Crippen molar-refractivity contribution >= 4 is 11.6 Å². The first kappa shape index (κ1) is 15.0. The van der Waals surface area contributed by atoms with E-state index in [2.05, 4.69) is 6.92 Å². The highest BCUT2D eigenvalue weighted by Crippen LogP contribution is 2.14. The summed E-state index contributed by atoms with van der Waals surface area (Å²) in [5.74, 6) is 0. The predicted molar refractivity (Wildman–Crippen MR) is 63.5 cm³/mol. The summed E-state index contributed by atoms with van der Waals surface area (Å²) in [6, 6.07) is 7.91. The highest BCUT2D eigenvalue weighted by Gasteiger charge is 1.91. The van der Waals surface area contributed by atoms with Gasteiger partial charge in [0.25, 0.3) is 0 Å². The fourth-order valence-corrected chi connectivity index (χ4v) is 1.05. The molecule has 1 heteroatoms. The summed E-state index contributed by atoms with van der Waals surface area (Å²) < 4.78 is 0. The van der Waals surface area contributed by atoms with Gasteiger partial charge in [0.2, 0.25) is 0 Å². The number of hydrogen-bond acceptors (Lipinski definition) is 0. The zero-order valence-corrected chi connectivity index (χ0v) is 10.2. The van der Waals surface area contributed by atoms with Crippen molar-refractivity contribution in [2.24, 2.45) is 0 Å². The molecule has 0 aliphatic rings. The summed E-state index contributed by atoms with van der Waals surface area (Å²) in [5.41, 5.74) is 1.22. The van der Waals surface area contributed by atoms with Gasteiger partial charge in [-0.2, -0.15) is 0 Å². The molecule has 0 aromatic heterocycles. The van der Waals surface area contributed by atoms with Gasteiger partial charge in [-0.15, -0.1) is 0 Å². The Morgan fingerprint density at radius 1 is 1.00 bits per heavy atom. The molecule has 0 atom stereocenters. The Morgan fingerprint density at radius 2 is 1.46 bits per heavy atom. The lowest BCUT2D eigenvalue weighted by atomic mass is 10.2. The number of hydrogen-bond donors (Lipinski definition) is 0. The summed E-state index contributed by atoms with van der Waals surface area (Å²) in [6.07, 6.45) is 1.01. The van der Waals surface area contributed by atoms with Crippen molar-refractivity contribution < 1.29 is 0 Å². The SMILES string of the molecule is CC.CC.CCc1ccccc1Cl. The van der Waals surface area contributed by atoms with E-state index in [4.69, 9.17) is 11.6 Å². The molecule has 0 heterocycles. The van der Waals surface area contributed by atoms with E-state index in [-0.39, 0.29) is 0 Å². The van der Waals surface area contributed by atoms with Crippen molar-refractivity contribution in [3.63, 3.8) is 0 Å². The van der Waals surface area contributed by atoms with E-state index in [0.717, 1.165) is 11.4 Å². The smallest absolute Gasteiger partial charge is 0.0437 e. The molecule has 0 aliphatic heterocycles. The molecule has 1 aromatic rings. The second kappa shape index (κ2) is 11.5. The van der Waals surface area contributed by atoms with E-state index in [1.807, 2.05) is 52.0 Å². The van der Waals surface area contributed by atoms with E-state index in [1.165, 1.54) is 5.56 Å². The molecule has 0 nitrogen and oxygen atoms in total. The first-order valence-electron chi connectivity index (χ1n) is 5.08. The maximum atomic E-state index is 5.82. The molecule has 0 unspecified atom stereocenters. The summed E-state index contributed by atoms with van der Waals surface area (Å²) in [7, 11) is 0.